The molecular weight excluding hydrogens is 382 g/mol. The molecule has 3 aromatic rings. The minimum absolute atomic E-state index is 0.107. The normalized spacial score (nSPS) is 15.5. The van der Waals surface area contributed by atoms with Crippen molar-refractivity contribution in [3.8, 4) is 0 Å². The molecule has 4 rings (SSSR count). The highest BCUT2D eigenvalue weighted by Gasteiger charge is 2.13. The van der Waals surface area contributed by atoms with Gasteiger partial charge in [-0.25, -0.2) is 4.98 Å². The Kier molecular flexibility index (Phi) is 6.56. The SMILES string of the molecule is CCCc1cc(=O)n2nc(NCc3ccccc3CN3CCCCCC3)sc2n1. The quantitative estimate of drug-likeness (QED) is 0.634. The first-order chi connectivity index (χ1) is 14.2. The Morgan fingerprint density at radius 2 is 1.86 bits per heavy atom. The van der Waals surface area contributed by atoms with Crippen LogP contribution in [0.15, 0.2) is 35.1 Å². The number of nitrogens with zero attached hydrogens (tertiary/aromatic N) is 4. The van der Waals surface area contributed by atoms with Gasteiger partial charge in [-0.05, 0) is 43.5 Å². The van der Waals surface area contributed by atoms with Crippen LogP contribution >= 0.6 is 11.3 Å². The highest BCUT2D eigenvalue weighted by Crippen LogP contribution is 2.20. The van der Waals surface area contributed by atoms with Gasteiger partial charge in [0, 0.05) is 24.8 Å². The molecule has 154 valence electrons. The van der Waals surface area contributed by atoms with Crippen molar-refractivity contribution in [1.29, 1.82) is 0 Å². The van der Waals surface area contributed by atoms with Gasteiger partial charge in [0.05, 0.1) is 0 Å². The van der Waals surface area contributed by atoms with Crippen molar-refractivity contribution < 1.29 is 0 Å². The first-order valence-corrected chi connectivity index (χ1v) is 11.5. The van der Waals surface area contributed by atoms with Gasteiger partial charge in [0.1, 0.15) is 0 Å². The molecule has 6 nitrogen and oxygen atoms in total. The van der Waals surface area contributed by atoms with E-state index in [0.717, 1.165) is 30.2 Å². The molecule has 7 heteroatoms. The van der Waals surface area contributed by atoms with Gasteiger partial charge in [0.2, 0.25) is 10.1 Å². The van der Waals surface area contributed by atoms with E-state index in [1.807, 2.05) is 0 Å². The molecule has 0 spiro atoms. The van der Waals surface area contributed by atoms with Crippen molar-refractivity contribution in [1.82, 2.24) is 19.5 Å². The Labute approximate surface area is 175 Å². The van der Waals surface area contributed by atoms with Crippen molar-refractivity contribution in [3.05, 3.63) is 57.5 Å². The van der Waals surface area contributed by atoms with E-state index in [4.69, 9.17) is 0 Å². The van der Waals surface area contributed by atoms with Crippen LogP contribution in [0.1, 0.15) is 55.8 Å². The zero-order valence-corrected chi connectivity index (χ0v) is 17.9. The third-order valence-corrected chi connectivity index (χ3v) is 6.31. The number of fused-ring (bicyclic) bond motifs is 1. The van der Waals surface area contributed by atoms with Crippen molar-refractivity contribution in [2.24, 2.45) is 0 Å². The molecular formula is C22H29N5OS. The number of aromatic nitrogens is 3. The van der Waals surface area contributed by atoms with Gasteiger partial charge in [0.15, 0.2) is 0 Å². The minimum Gasteiger partial charge on any atom is -0.356 e. The zero-order valence-electron chi connectivity index (χ0n) is 17.1. The Hall–Kier alpha value is -2.25. The molecule has 1 fully saturated rings. The summed E-state index contributed by atoms with van der Waals surface area (Å²) in [6.07, 6.45) is 7.09. The Bertz CT molecular complexity index is 1000. The summed E-state index contributed by atoms with van der Waals surface area (Å²) < 4.78 is 1.40. The lowest BCUT2D eigenvalue weighted by Gasteiger charge is -2.21. The van der Waals surface area contributed by atoms with Crippen LogP contribution in [-0.2, 0) is 19.5 Å². The largest absolute Gasteiger partial charge is 0.356 e. The summed E-state index contributed by atoms with van der Waals surface area (Å²) >= 11 is 1.43. The van der Waals surface area contributed by atoms with E-state index in [0.29, 0.717) is 11.5 Å². The molecule has 0 aliphatic carbocycles. The number of hydrogen-bond acceptors (Lipinski definition) is 6. The summed E-state index contributed by atoms with van der Waals surface area (Å²) in [6, 6.07) is 10.2. The van der Waals surface area contributed by atoms with Crippen LogP contribution in [0.2, 0.25) is 0 Å². The first-order valence-electron chi connectivity index (χ1n) is 10.7. The topological polar surface area (TPSA) is 62.5 Å². The predicted octanol–water partition coefficient (Wildman–Crippen LogP) is 4.09. The summed E-state index contributed by atoms with van der Waals surface area (Å²) in [6.45, 7) is 6.16. The van der Waals surface area contributed by atoms with E-state index in [2.05, 4.69) is 51.5 Å². The van der Waals surface area contributed by atoms with E-state index >= 15 is 0 Å². The second kappa shape index (κ2) is 9.50. The summed E-state index contributed by atoms with van der Waals surface area (Å²) in [5.41, 5.74) is 3.38. The molecule has 0 atom stereocenters. The van der Waals surface area contributed by atoms with Gasteiger partial charge < -0.3 is 5.32 Å². The molecule has 1 aromatic carbocycles. The van der Waals surface area contributed by atoms with Gasteiger partial charge in [0.25, 0.3) is 5.56 Å². The average molecular weight is 412 g/mol. The monoisotopic (exact) mass is 411 g/mol. The Balaban J connectivity index is 1.47. The molecule has 29 heavy (non-hydrogen) atoms. The lowest BCUT2D eigenvalue weighted by Crippen LogP contribution is -2.24. The fourth-order valence-electron chi connectivity index (χ4n) is 3.90. The highest BCUT2D eigenvalue weighted by molar-refractivity contribution is 7.20. The van der Waals surface area contributed by atoms with E-state index < -0.39 is 0 Å². The maximum absolute atomic E-state index is 12.3. The zero-order chi connectivity index (χ0) is 20.1. The third-order valence-electron chi connectivity index (χ3n) is 5.45. The summed E-state index contributed by atoms with van der Waals surface area (Å²) in [5.74, 6) is 0. The van der Waals surface area contributed by atoms with E-state index in [1.54, 1.807) is 6.07 Å². The summed E-state index contributed by atoms with van der Waals surface area (Å²) in [7, 11) is 0. The molecule has 0 saturated carbocycles. The van der Waals surface area contributed by atoms with Crippen LogP contribution in [0.25, 0.3) is 4.96 Å². The van der Waals surface area contributed by atoms with Crippen LogP contribution in [0.4, 0.5) is 5.13 Å². The number of anilines is 1. The molecule has 1 aliphatic heterocycles. The number of nitrogens with one attached hydrogen (secondary N) is 1. The molecule has 0 unspecified atom stereocenters. The molecule has 1 aliphatic rings. The fraction of sp³-hybridized carbons (Fsp3) is 0.500. The first kappa shape index (κ1) is 20.0. The minimum atomic E-state index is -0.107. The van der Waals surface area contributed by atoms with Crippen molar-refractivity contribution in [2.45, 2.75) is 58.5 Å². The van der Waals surface area contributed by atoms with Gasteiger partial charge in [-0.2, -0.15) is 4.52 Å². The standard InChI is InChI=1S/C22H29N5OS/c1-2-9-19-14-20(28)27-22(24-19)29-21(25-27)23-15-17-10-5-6-11-18(17)16-26-12-7-3-4-8-13-26/h5-6,10-11,14H,2-4,7-9,12-13,15-16H2,1H3,(H,23,25). The summed E-state index contributed by atoms with van der Waals surface area (Å²) in [4.78, 5) is 20.1. The van der Waals surface area contributed by atoms with Crippen LogP contribution < -0.4 is 10.9 Å². The van der Waals surface area contributed by atoms with Crippen LogP contribution in [-0.4, -0.2) is 32.6 Å². The second-order valence-electron chi connectivity index (χ2n) is 7.75. The van der Waals surface area contributed by atoms with Gasteiger partial charge in [-0.15, -0.1) is 5.10 Å². The molecule has 0 radical (unpaired) electrons. The van der Waals surface area contributed by atoms with E-state index in [-0.39, 0.29) is 5.56 Å². The maximum Gasteiger partial charge on any atom is 0.275 e. The molecule has 1 saturated heterocycles. The third kappa shape index (κ3) is 5.03. The Morgan fingerprint density at radius 1 is 1.10 bits per heavy atom. The molecule has 0 amide bonds. The predicted molar refractivity (Wildman–Crippen MR) is 119 cm³/mol. The lowest BCUT2D eigenvalue weighted by atomic mass is 10.1. The number of likely N-dealkylation sites (tertiary alicyclic amines) is 1. The highest BCUT2D eigenvalue weighted by atomic mass is 32.1. The molecule has 1 N–H and O–H groups in total. The van der Waals surface area contributed by atoms with Gasteiger partial charge >= 0.3 is 0 Å². The number of rotatable bonds is 7. The smallest absolute Gasteiger partial charge is 0.275 e. The van der Waals surface area contributed by atoms with Crippen molar-refractivity contribution in [2.75, 3.05) is 18.4 Å². The Morgan fingerprint density at radius 3 is 2.62 bits per heavy atom. The van der Waals surface area contributed by atoms with Crippen molar-refractivity contribution >= 4 is 21.4 Å². The average Bonchev–Trinajstić information content (AvgIpc) is 2.96. The van der Waals surface area contributed by atoms with Crippen LogP contribution in [0.3, 0.4) is 0 Å². The van der Waals surface area contributed by atoms with Gasteiger partial charge in [-0.3, -0.25) is 9.69 Å². The summed E-state index contributed by atoms with van der Waals surface area (Å²) in [5, 5.41) is 8.56. The van der Waals surface area contributed by atoms with E-state index in [9.17, 15) is 4.79 Å². The van der Waals surface area contributed by atoms with Crippen molar-refractivity contribution in [3.63, 3.8) is 0 Å². The molecule has 0 bridgehead atoms. The van der Waals surface area contributed by atoms with Gasteiger partial charge in [-0.1, -0.05) is 61.8 Å². The number of benzene rings is 1. The lowest BCUT2D eigenvalue weighted by molar-refractivity contribution is 0.276. The second-order valence-corrected chi connectivity index (χ2v) is 8.71. The molecule has 3 heterocycles. The van der Waals surface area contributed by atoms with Crippen LogP contribution in [0, 0.1) is 0 Å². The number of hydrogen-bond donors (Lipinski definition) is 1. The number of aryl methyl sites for hydroxylation is 1. The van der Waals surface area contributed by atoms with E-state index in [1.165, 1.54) is 65.8 Å². The maximum atomic E-state index is 12.3. The molecule has 2 aromatic heterocycles. The fourth-order valence-corrected chi connectivity index (χ4v) is 4.72. The van der Waals surface area contributed by atoms with Crippen LogP contribution in [0.5, 0.6) is 0 Å².